The molecule has 0 aliphatic heterocycles. The first-order valence-electron chi connectivity index (χ1n) is 6.63. The van der Waals surface area contributed by atoms with E-state index in [0.717, 1.165) is 29.1 Å². The van der Waals surface area contributed by atoms with Gasteiger partial charge in [0.15, 0.2) is 0 Å². The van der Waals surface area contributed by atoms with Crippen molar-refractivity contribution < 1.29 is 22.8 Å². The second kappa shape index (κ2) is 6.41. The maximum atomic E-state index is 12.5. The van der Waals surface area contributed by atoms with Crippen LogP contribution in [0.4, 0.5) is 18.2 Å². The van der Waals surface area contributed by atoms with Gasteiger partial charge in [0.1, 0.15) is 5.00 Å². The van der Waals surface area contributed by atoms with Crippen molar-refractivity contribution in [2.24, 2.45) is 5.73 Å². The second-order valence-electron chi connectivity index (χ2n) is 4.70. The Bertz CT molecular complexity index is 736. The summed E-state index contributed by atoms with van der Waals surface area (Å²) in [7, 11) is 0. The lowest BCUT2D eigenvalue weighted by Gasteiger charge is -2.08. The second-order valence-corrected chi connectivity index (χ2v) is 5.84. The van der Waals surface area contributed by atoms with Gasteiger partial charge < -0.3 is 11.1 Å². The SMILES string of the molecule is CCc1cc(C(N)=O)c(NC(=O)c2ccc(C(F)(F)F)cc2)s1. The molecule has 1 heterocycles. The van der Waals surface area contributed by atoms with Gasteiger partial charge in [0.05, 0.1) is 11.1 Å². The zero-order chi connectivity index (χ0) is 17.2. The highest BCUT2D eigenvalue weighted by molar-refractivity contribution is 7.16. The van der Waals surface area contributed by atoms with Crippen LogP contribution in [-0.4, -0.2) is 11.8 Å². The number of aryl methyl sites for hydroxylation is 1. The van der Waals surface area contributed by atoms with Crippen molar-refractivity contribution in [1.29, 1.82) is 0 Å². The number of benzene rings is 1. The molecule has 8 heteroatoms. The Labute approximate surface area is 134 Å². The van der Waals surface area contributed by atoms with E-state index in [1.165, 1.54) is 11.3 Å². The minimum Gasteiger partial charge on any atom is -0.366 e. The summed E-state index contributed by atoms with van der Waals surface area (Å²) >= 11 is 1.21. The summed E-state index contributed by atoms with van der Waals surface area (Å²) in [5, 5.41) is 2.81. The zero-order valence-electron chi connectivity index (χ0n) is 12.0. The van der Waals surface area contributed by atoms with Gasteiger partial charge in [-0.2, -0.15) is 13.2 Å². The first-order valence-corrected chi connectivity index (χ1v) is 7.45. The molecular formula is C15H13F3N2O2S. The van der Waals surface area contributed by atoms with E-state index in [9.17, 15) is 22.8 Å². The Hall–Kier alpha value is -2.35. The number of halogens is 3. The molecule has 1 aromatic heterocycles. The van der Waals surface area contributed by atoms with Crippen molar-refractivity contribution in [3.05, 3.63) is 51.9 Å². The number of nitrogens with two attached hydrogens (primary N) is 1. The van der Waals surface area contributed by atoms with Crippen molar-refractivity contribution in [2.75, 3.05) is 5.32 Å². The predicted octanol–water partition coefficient (Wildman–Crippen LogP) is 3.68. The van der Waals surface area contributed by atoms with Gasteiger partial charge in [-0.3, -0.25) is 9.59 Å². The highest BCUT2D eigenvalue weighted by atomic mass is 32.1. The fourth-order valence-corrected chi connectivity index (χ4v) is 2.87. The number of carbonyl (C=O) groups excluding carboxylic acids is 2. The lowest BCUT2D eigenvalue weighted by atomic mass is 10.1. The van der Waals surface area contributed by atoms with E-state index in [1.807, 2.05) is 6.92 Å². The van der Waals surface area contributed by atoms with Gasteiger partial charge in [0.25, 0.3) is 11.8 Å². The zero-order valence-corrected chi connectivity index (χ0v) is 12.8. The molecule has 0 aliphatic carbocycles. The molecule has 2 amide bonds. The minimum absolute atomic E-state index is 0.0554. The van der Waals surface area contributed by atoms with Gasteiger partial charge >= 0.3 is 6.18 Å². The average molecular weight is 342 g/mol. The molecule has 2 rings (SSSR count). The summed E-state index contributed by atoms with van der Waals surface area (Å²) < 4.78 is 37.5. The summed E-state index contributed by atoms with van der Waals surface area (Å²) in [6.07, 6.45) is -3.79. The third kappa shape index (κ3) is 3.89. The van der Waals surface area contributed by atoms with E-state index in [0.29, 0.717) is 11.4 Å². The summed E-state index contributed by atoms with van der Waals surface area (Å²) in [6, 6.07) is 5.41. The molecule has 0 bridgehead atoms. The summed E-state index contributed by atoms with van der Waals surface area (Å²) in [5.74, 6) is -1.28. The van der Waals surface area contributed by atoms with Gasteiger partial charge in [-0.15, -0.1) is 11.3 Å². The first kappa shape index (κ1) is 17.0. The monoisotopic (exact) mass is 342 g/mol. The highest BCUT2D eigenvalue weighted by Crippen LogP contribution is 2.30. The number of primary amides is 1. The fraction of sp³-hybridized carbons (Fsp3) is 0.200. The van der Waals surface area contributed by atoms with Crippen LogP contribution in [0.2, 0.25) is 0 Å². The van der Waals surface area contributed by atoms with Crippen molar-refractivity contribution in [1.82, 2.24) is 0 Å². The summed E-state index contributed by atoms with van der Waals surface area (Å²) in [6.45, 7) is 1.89. The minimum atomic E-state index is -4.46. The molecule has 0 saturated heterocycles. The largest absolute Gasteiger partial charge is 0.416 e. The lowest BCUT2D eigenvalue weighted by Crippen LogP contribution is -2.16. The standard InChI is InChI=1S/C15H13F3N2O2S/c1-2-10-7-11(12(19)21)14(23-10)20-13(22)8-3-5-9(6-4-8)15(16,17)18/h3-7H,2H2,1H3,(H2,19,21)(H,20,22). The van der Waals surface area contributed by atoms with Gasteiger partial charge in [0, 0.05) is 10.4 Å². The molecule has 0 unspecified atom stereocenters. The predicted molar refractivity (Wildman–Crippen MR) is 81.6 cm³/mol. The average Bonchev–Trinajstić information content (AvgIpc) is 2.89. The fourth-order valence-electron chi connectivity index (χ4n) is 1.88. The number of amides is 2. The number of hydrogen-bond donors (Lipinski definition) is 2. The molecule has 1 aromatic carbocycles. The molecule has 122 valence electrons. The molecule has 23 heavy (non-hydrogen) atoms. The molecule has 3 N–H and O–H groups in total. The van der Waals surface area contributed by atoms with Crippen LogP contribution in [0.15, 0.2) is 30.3 Å². The van der Waals surface area contributed by atoms with Crippen LogP contribution in [0.25, 0.3) is 0 Å². The Morgan fingerprint density at radius 1 is 1.22 bits per heavy atom. The van der Waals surface area contributed by atoms with Crippen molar-refractivity contribution in [3.63, 3.8) is 0 Å². The third-order valence-corrected chi connectivity index (χ3v) is 4.29. The smallest absolute Gasteiger partial charge is 0.366 e. The van der Waals surface area contributed by atoms with Crippen LogP contribution in [-0.2, 0) is 12.6 Å². The van der Waals surface area contributed by atoms with E-state index in [2.05, 4.69) is 5.32 Å². The lowest BCUT2D eigenvalue weighted by molar-refractivity contribution is -0.137. The van der Waals surface area contributed by atoms with Crippen LogP contribution in [0.5, 0.6) is 0 Å². The Balaban J connectivity index is 2.22. The van der Waals surface area contributed by atoms with Crippen molar-refractivity contribution >= 4 is 28.2 Å². The highest BCUT2D eigenvalue weighted by Gasteiger charge is 2.30. The Kier molecular flexibility index (Phi) is 4.74. The van der Waals surface area contributed by atoms with Gasteiger partial charge in [-0.25, -0.2) is 0 Å². The number of anilines is 1. The number of rotatable bonds is 4. The van der Waals surface area contributed by atoms with E-state index >= 15 is 0 Å². The van der Waals surface area contributed by atoms with Crippen molar-refractivity contribution in [3.8, 4) is 0 Å². The van der Waals surface area contributed by atoms with Crippen LogP contribution in [0.3, 0.4) is 0 Å². The summed E-state index contributed by atoms with van der Waals surface area (Å²) in [5.41, 5.74) is 4.66. The molecule has 0 fully saturated rings. The van der Waals surface area contributed by atoms with Crippen LogP contribution < -0.4 is 11.1 Å². The molecule has 2 aromatic rings. The number of hydrogen-bond acceptors (Lipinski definition) is 3. The van der Waals surface area contributed by atoms with E-state index in [4.69, 9.17) is 5.73 Å². The molecule has 0 radical (unpaired) electrons. The summed E-state index contributed by atoms with van der Waals surface area (Å²) in [4.78, 5) is 24.3. The molecule has 0 spiro atoms. The van der Waals surface area contributed by atoms with E-state index in [1.54, 1.807) is 6.07 Å². The first-order chi connectivity index (χ1) is 10.7. The quantitative estimate of drug-likeness (QED) is 0.890. The maximum Gasteiger partial charge on any atom is 0.416 e. The van der Waals surface area contributed by atoms with Crippen LogP contribution >= 0.6 is 11.3 Å². The van der Waals surface area contributed by atoms with E-state index in [-0.39, 0.29) is 11.1 Å². The molecule has 0 aliphatic rings. The third-order valence-electron chi connectivity index (χ3n) is 3.10. The Morgan fingerprint density at radius 2 is 1.83 bits per heavy atom. The number of alkyl halides is 3. The number of carbonyl (C=O) groups is 2. The number of nitrogens with one attached hydrogen (secondary N) is 1. The maximum absolute atomic E-state index is 12.5. The molecular weight excluding hydrogens is 329 g/mol. The van der Waals surface area contributed by atoms with Crippen molar-refractivity contribution in [2.45, 2.75) is 19.5 Å². The van der Waals surface area contributed by atoms with E-state index < -0.39 is 23.6 Å². The molecule has 0 atom stereocenters. The normalized spacial score (nSPS) is 11.3. The molecule has 0 saturated carbocycles. The van der Waals surface area contributed by atoms with Crippen LogP contribution in [0, 0.1) is 0 Å². The number of thiophene rings is 1. The van der Waals surface area contributed by atoms with Gasteiger partial charge in [-0.05, 0) is 36.8 Å². The molecule has 4 nitrogen and oxygen atoms in total. The Morgan fingerprint density at radius 3 is 2.30 bits per heavy atom. The van der Waals surface area contributed by atoms with Crippen LogP contribution in [0.1, 0.15) is 38.1 Å². The van der Waals surface area contributed by atoms with Gasteiger partial charge in [0.2, 0.25) is 0 Å². The topological polar surface area (TPSA) is 72.2 Å². The van der Waals surface area contributed by atoms with Gasteiger partial charge in [-0.1, -0.05) is 6.92 Å².